The van der Waals surface area contributed by atoms with Crippen LogP contribution in [0.3, 0.4) is 0 Å². The Bertz CT molecular complexity index is 1500. The zero-order valence-corrected chi connectivity index (χ0v) is 23.8. The highest BCUT2D eigenvalue weighted by atomic mass is 79.9. The predicted octanol–water partition coefficient (Wildman–Crippen LogP) is 6.54. The minimum absolute atomic E-state index is 0.209. The molecule has 0 radical (unpaired) electrons. The Labute approximate surface area is 241 Å². The van der Waals surface area contributed by atoms with Gasteiger partial charge in [-0.3, -0.25) is 4.79 Å². The summed E-state index contributed by atoms with van der Waals surface area (Å²) in [6, 6.07) is 23.4. The summed E-state index contributed by atoms with van der Waals surface area (Å²) in [4.78, 5) is 24.9. The molecule has 4 aromatic carbocycles. The van der Waals surface area contributed by atoms with Gasteiger partial charge in [0.25, 0.3) is 5.91 Å². The molecule has 0 aliphatic heterocycles. The fraction of sp³-hybridized carbons (Fsp3) is 0.194. The number of ether oxygens (including phenoxy) is 4. The minimum Gasteiger partial charge on any atom is -0.494 e. The maximum absolute atomic E-state index is 12.7. The van der Waals surface area contributed by atoms with Crippen LogP contribution in [0.25, 0.3) is 10.8 Å². The van der Waals surface area contributed by atoms with Crippen LogP contribution in [0.2, 0.25) is 0 Å². The highest BCUT2D eigenvalue weighted by molar-refractivity contribution is 9.10. The lowest BCUT2D eigenvalue weighted by molar-refractivity contribution is -0.123. The van der Waals surface area contributed by atoms with Crippen LogP contribution in [0.15, 0.2) is 88.4 Å². The van der Waals surface area contributed by atoms with E-state index in [9.17, 15) is 9.59 Å². The summed E-state index contributed by atoms with van der Waals surface area (Å²) in [5, 5.41) is 6.06. The Morgan fingerprint density at radius 1 is 0.875 bits per heavy atom. The monoisotopic (exact) mass is 604 g/mol. The van der Waals surface area contributed by atoms with Crippen LogP contribution in [0.1, 0.15) is 36.2 Å². The molecule has 206 valence electrons. The third-order valence-electron chi connectivity index (χ3n) is 5.62. The predicted molar refractivity (Wildman–Crippen MR) is 158 cm³/mol. The Hall–Kier alpha value is -4.37. The Morgan fingerprint density at radius 3 is 2.42 bits per heavy atom. The molecule has 0 bridgehead atoms. The molecule has 0 saturated heterocycles. The van der Waals surface area contributed by atoms with Crippen molar-refractivity contribution in [3.63, 3.8) is 0 Å². The smallest absolute Gasteiger partial charge is 0.343 e. The number of nitrogens with one attached hydrogen (secondary N) is 1. The SMILES string of the molecule is CCCOc1ccc(C(=O)Oc2ccc(/C=N/NC(=O)COc3ccc4ccccc4c3Br)cc2OCC)cc1. The Kier molecular flexibility index (Phi) is 10.1. The van der Waals surface area contributed by atoms with Crippen molar-refractivity contribution in [3.05, 3.63) is 94.5 Å². The lowest BCUT2D eigenvalue weighted by Crippen LogP contribution is -2.24. The molecule has 0 aliphatic rings. The molecule has 0 saturated carbocycles. The molecule has 4 aromatic rings. The Balaban J connectivity index is 1.34. The second-order valence-electron chi connectivity index (χ2n) is 8.58. The lowest BCUT2D eigenvalue weighted by Gasteiger charge is -2.12. The van der Waals surface area contributed by atoms with E-state index in [1.165, 1.54) is 6.21 Å². The van der Waals surface area contributed by atoms with Crippen molar-refractivity contribution in [2.45, 2.75) is 20.3 Å². The first-order valence-corrected chi connectivity index (χ1v) is 13.6. The van der Waals surface area contributed by atoms with Gasteiger partial charge in [-0.1, -0.05) is 37.3 Å². The third kappa shape index (κ3) is 7.60. The van der Waals surface area contributed by atoms with Crippen LogP contribution in [-0.2, 0) is 4.79 Å². The fourth-order valence-corrected chi connectivity index (χ4v) is 4.31. The normalized spacial score (nSPS) is 10.9. The van der Waals surface area contributed by atoms with Crippen LogP contribution in [0.4, 0.5) is 0 Å². The number of fused-ring (bicyclic) bond motifs is 1. The molecule has 8 nitrogen and oxygen atoms in total. The number of nitrogens with zero attached hydrogens (tertiary/aromatic N) is 1. The topological polar surface area (TPSA) is 95.5 Å². The molecular weight excluding hydrogens is 576 g/mol. The van der Waals surface area contributed by atoms with Crippen molar-refractivity contribution in [1.29, 1.82) is 0 Å². The van der Waals surface area contributed by atoms with E-state index in [4.69, 9.17) is 18.9 Å². The van der Waals surface area contributed by atoms with E-state index in [1.54, 1.807) is 42.5 Å². The largest absolute Gasteiger partial charge is 0.494 e. The fourth-order valence-electron chi connectivity index (χ4n) is 3.70. The molecule has 40 heavy (non-hydrogen) atoms. The van der Waals surface area contributed by atoms with Gasteiger partial charge in [0.05, 0.1) is 29.5 Å². The first kappa shape index (κ1) is 28.6. The van der Waals surface area contributed by atoms with Crippen LogP contribution >= 0.6 is 15.9 Å². The molecule has 0 spiro atoms. The zero-order valence-electron chi connectivity index (χ0n) is 22.2. The maximum Gasteiger partial charge on any atom is 0.343 e. The van der Waals surface area contributed by atoms with Gasteiger partial charge in [0.15, 0.2) is 18.1 Å². The van der Waals surface area contributed by atoms with Gasteiger partial charge in [-0.2, -0.15) is 5.10 Å². The first-order valence-electron chi connectivity index (χ1n) is 12.8. The number of benzene rings is 4. The quantitative estimate of drug-likeness (QED) is 0.0854. The zero-order chi connectivity index (χ0) is 28.3. The number of hydrogen-bond donors (Lipinski definition) is 1. The average molecular weight is 605 g/mol. The van der Waals surface area contributed by atoms with E-state index < -0.39 is 11.9 Å². The third-order valence-corrected chi connectivity index (χ3v) is 6.44. The molecule has 1 amide bonds. The van der Waals surface area contributed by atoms with E-state index in [-0.39, 0.29) is 12.4 Å². The van der Waals surface area contributed by atoms with Gasteiger partial charge in [-0.15, -0.1) is 0 Å². The number of carbonyl (C=O) groups excluding carboxylic acids is 2. The maximum atomic E-state index is 12.7. The second kappa shape index (κ2) is 14.1. The Morgan fingerprint density at radius 2 is 1.65 bits per heavy atom. The molecule has 0 unspecified atom stereocenters. The molecule has 0 fully saturated rings. The number of esters is 1. The second-order valence-corrected chi connectivity index (χ2v) is 9.38. The summed E-state index contributed by atoms with van der Waals surface area (Å²) in [5.41, 5.74) is 3.47. The summed E-state index contributed by atoms with van der Waals surface area (Å²) in [6.07, 6.45) is 2.36. The van der Waals surface area contributed by atoms with Gasteiger partial charge in [0, 0.05) is 0 Å². The van der Waals surface area contributed by atoms with Gasteiger partial charge in [0.2, 0.25) is 0 Å². The van der Waals surface area contributed by atoms with Crippen molar-refractivity contribution in [1.82, 2.24) is 5.43 Å². The van der Waals surface area contributed by atoms with Crippen molar-refractivity contribution in [2.24, 2.45) is 5.10 Å². The lowest BCUT2D eigenvalue weighted by atomic mass is 10.1. The molecule has 1 N–H and O–H groups in total. The average Bonchev–Trinajstić information content (AvgIpc) is 2.97. The summed E-state index contributed by atoms with van der Waals surface area (Å²) in [6.45, 7) is 4.62. The van der Waals surface area contributed by atoms with E-state index in [1.807, 2.05) is 50.2 Å². The highest BCUT2D eigenvalue weighted by Gasteiger charge is 2.14. The van der Waals surface area contributed by atoms with Crippen LogP contribution in [0.5, 0.6) is 23.0 Å². The summed E-state index contributed by atoms with van der Waals surface area (Å²) < 4.78 is 23.2. The standard InChI is InChI=1S/C31H29BrN2O6/c1-3-17-38-24-13-10-23(11-14-24)31(36)40-26-15-9-21(18-28(26)37-4-2)19-33-34-29(35)20-39-27-16-12-22-7-5-6-8-25(22)30(27)32/h5-16,18-19H,3-4,17,20H2,1-2H3,(H,34,35)/b33-19+. The molecule has 0 heterocycles. The van der Waals surface area contributed by atoms with E-state index >= 15 is 0 Å². The summed E-state index contributed by atoms with van der Waals surface area (Å²) in [7, 11) is 0. The van der Waals surface area contributed by atoms with Gasteiger partial charge in [-0.25, -0.2) is 10.2 Å². The van der Waals surface area contributed by atoms with Gasteiger partial charge >= 0.3 is 5.97 Å². The number of hydrogen-bond acceptors (Lipinski definition) is 7. The summed E-state index contributed by atoms with van der Waals surface area (Å²) >= 11 is 3.54. The number of rotatable bonds is 12. The molecular formula is C31H29BrN2O6. The van der Waals surface area contributed by atoms with Crippen molar-refractivity contribution in [2.75, 3.05) is 19.8 Å². The van der Waals surface area contributed by atoms with Crippen molar-refractivity contribution in [3.8, 4) is 23.0 Å². The van der Waals surface area contributed by atoms with E-state index in [2.05, 4.69) is 26.5 Å². The molecule has 0 aliphatic carbocycles. The van der Waals surface area contributed by atoms with Gasteiger partial charge < -0.3 is 18.9 Å². The number of hydrazone groups is 1. The van der Waals surface area contributed by atoms with E-state index in [0.717, 1.165) is 21.7 Å². The molecule has 4 rings (SSSR count). The van der Waals surface area contributed by atoms with Crippen molar-refractivity contribution >= 4 is 44.8 Å². The van der Waals surface area contributed by atoms with E-state index in [0.29, 0.717) is 41.6 Å². The van der Waals surface area contributed by atoms with Crippen molar-refractivity contribution < 1.29 is 28.5 Å². The first-order chi connectivity index (χ1) is 19.5. The minimum atomic E-state index is -0.519. The molecule has 9 heteroatoms. The van der Waals surface area contributed by atoms with Crippen LogP contribution in [-0.4, -0.2) is 37.9 Å². The van der Waals surface area contributed by atoms with Gasteiger partial charge in [0.1, 0.15) is 11.5 Å². The number of carbonyl (C=O) groups is 2. The number of amides is 1. The van der Waals surface area contributed by atoms with Crippen LogP contribution < -0.4 is 24.4 Å². The molecule has 0 aromatic heterocycles. The van der Waals surface area contributed by atoms with Gasteiger partial charge in [-0.05, 0) is 94.1 Å². The highest BCUT2D eigenvalue weighted by Crippen LogP contribution is 2.33. The molecule has 0 atom stereocenters. The summed E-state index contributed by atoms with van der Waals surface area (Å²) in [5.74, 6) is 0.960. The van der Waals surface area contributed by atoms with Crippen LogP contribution in [0, 0.1) is 0 Å². The number of halogens is 1.